The number of piperidine rings is 1. The summed E-state index contributed by atoms with van der Waals surface area (Å²) in [5.41, 5.74) is 0.967. The molecule has 1 spiro atoms. The van der Waals surface area contributed by atoms with E-state index < -0.39 is 17.7 Å². The molecule has 2 aromatic rings. The first-order chi connectivity index (χ1) is 20.7. The van der Waals surface area contributed by atoms with Crippen LogP contribution in [0.15, 0.2) is 48.5 Å². The van der Waals surface area contributed by atoms with Crippen LogP contribution < -0.4 is 10.1 Å². The molecule has 5 rings (SSSR count). The molecule has 240 valence electrons. The summed E-state index contributed by atoms with van der Waals surface area (Å²) in [6.07, 6.45) is 4.11. The molecular weight excluding hydrogens is 580 g/mol. The minimum atomic E-state index is -0.909. The standard InChI is InChI=1S/C34H46N4O5.ClH/c1-4-5-20-38-32(41)29(30(39)24(2)3)35-33(42)34(38)16-21-36(22-17-34)23-25-8-12-27(13-9-25)43-28-14-10-26(11-15-28)31(40)37-18-6-7-19-37;/h8-15,24,29-30,39H,4-7,16-23H2,1-3H3,(H,35,42);1H/t29-,30-;/m1./s1. The highest BCUT2D eigenvalue weighted by molar-refractivity contribution is 6.00. The predicted octanol–water partition coefficient (Wildman–Crippen LogP) is 4.62. The smallest absolute Gasteiger partial charge is 0.253 e. The van der Waals surface area contributed by atoms with Gasteiger partial charge in [-0.05, 0) is 80.0 Å². The van der Waals surface area contributed by atoms with Gasteiger partial charge in [0.2, 0.25) is 11.8 Å². The van der Waals surface area contributed by atoms with E-state index in [4.69, 9.17) is 4.74 Å². The van der Waals surface area contributed by atoms with Crippen LogP contribution in [-0.2, 0) is 16.1 Å². The number of ether oxygens (including phenoxy) is 1. The predicted molar refractivity (Wildman–Crippen MR) is 172 cm³/mol. The number of likely N-dealkylation sites (tertiary alicyclic amines) is 2. The van der Waals surface area contributed by atoms with E-state index in [1.807, 2.05) is 67.3 Å². The second kappa shape index (κ2) is 14.8. The first kappa shape index (κ1) is 33.7. The molecule has 3 aliphatic rings. The third-order valence-corrected chi connectivity index (χ3v) is 9.26. The molecule has 0 aliphatic carbocycles. The minimum Gasteiger partial charge on any atom is -0.457 e. The summed E-state index contributed by atoms with van der Waals surface area (Å²) in [5.74, 6) is 1.06. The number of hydrogen-bond donors (Lipinski definition) is 2. The Bertz CT molecular complexity index is 1270. The van der Waals surface area contributed by atoms with Gasteiger partial charge in [-0.15, -0.1) is 12.4 Å². The van der Waals surface area contributed by atoms with Crippen molar-refractivity contribution in [3.63, 3.8) is 0 Å². The molecule has 3 aliphatic heterocycles. The van der Waals surface area contributed by atoms with Crippen LogP contribution in [0.2, 0.25) is 0 Å². The van der Waals surface area contributed by atoms with Crippen LogP contribution in [0.4, 0.5) is 0 Å². The summed E-state index contributed by atoms with van der Waals surface area (Å²) in [4.78, 5) is 45.7. The lowest BCUT2D eigenvalue weighted by molar-refractivity contribution is -0.165. The molecule has 0 aromatic heterocycles. The van der Waals surface area contributed by atoms with Crippen LogP contribution >= 0.6 is 12.4 Å². The Labute approximate surface area is 267 Å². The van der Waals surface area contributed by atoms with Gasteiger partial charge in [0, 0.05) is 44.8 Å². The summed E-state index contributed by atoms with van der Waals surface area (Å²) in [6.45, 7) is 10.1. The number of unbranched alkanes of at least 4 members (excludes halogenated alkanes) is 1. The summed E-state index contributed by atoms with van der Waals surface area (Å²) in [7, 11) is 0. The van der Waals surface area contributed by atoms with Gasteiger partial charge in [0.05, 0.1) is 6.10 Å². The number of aliphatic hydroxyl groups is 1. The summed E-state index contributed by atoms with van der Waals surface area (Å²) >= 11 is 0. The second-order valence-corrected chi connectivity index (χ2v) is 12.6. The SMILES string of the molecule is CCCCN1C(=O)[C@@H]([C@H](O)C(C)C)NC(=O)C12CCN(Cc1ccc(Oc3ccc(C(=O)N4CCCC4)cc3)cc1)CC2.Cl. The molecule has 9 nitrogen and oxygen atoms in total. The Hall–Kier alpha value is -3.14. The second-order valence-electron chi connectivity index (χ2n) is 12.6. The number of carbonyl (C=O) groups excluding carboxylic acids is 3. The lowest BCUT2D eigenvalue weighted by Crippen LogP contribution is -2.74. The van der Waals surface area contributed by atoms with Crippen molar-refractivity contribution in [1.82, 2.24) is 20.0 Å². The maximum absolute atomic E-state index is 13.5. The highest BCUT2D eigenvalue weighted by Gasteiger charge is 2.54. The van der Waals surface area contributed by atoms with Crippen LogP contribution in [-0.4, -0.2) is 87.9 Å². The van der Waals surface area contributed by atoms with Crippen molar-refractivity contribution >= 4 is 30.1 Å². The van der Waals surface area contributed by atoms with E-state index in [-0.39, 0.29) is 36.0 Å². The van der Waals surface area contributed by atoms with E-state index >= 15 is 0 Å². The van der Waals surface area contributed by atoms with Gasteiger partial charge in [0.1, 0.15) is 23.1 Å². The molecule has 0 radical (unpaired) electrons. The Kier molecular flexibility index (Phi) is 11.3. The van der Waals surface area contributed by atoms with Crippen molar-refractivity contribution in [3.05, 3.63) is 59.7 Å². The maximum Gasteiger partial charge on any atom is 0.253 e. The summed E-state index contributed by atoms with van der Waals surface area (Å²) in [5, 5.41) is 13.5. The number of hydrogen-bond acceptors (Lipinski definition) is 6. The lowest BCUT2D eigenvalue weighted by Gasteiger charge is -2.52. The van der Waals surface area contributed by atoms with Gasteiger partial charge < -0.3 is 25.0 Å². The summed E-state index contributed by atoms with van der Waals surface area (Å²) < 4.78 is 6.03. The molecule has 0 unspecified atom stereocenters. The van der Waals surface area contributed by atoms with Crippen LogP contribution in [0, 0.1) is 5.92 Å². The number of nitrogens with zero attached hydrogens (tertiary/aromatic N) is 3. The third-order valence-electron chi connectivity index (χ3n) is 9.26. The van der Waals surface area contributed by atoms with Crippen molar-refractivity contribution in [2.75, 3.05) is 32.7 Å². The minimum absolute atomic E-state index is 0. The molecule has 10 heteroatoms. The normalized spacial score (nSPS) is 20.9. The van der Waals surface area contributed by atoms with Crippen molar-refractivity contribution in [3.8, 4) is 11.5 Å². The largest absolute Gasteiger partial charge is 0.457 e. The molecule has 3 saturated heterocycles. The number of aliphatic hydroxyl groups excluding tert-OH is 1. The van der Waals surface area contributed by atoms with E-state index in [1.165, 1.54) is 0 Å². The molecule has 2 N–H and O–H groups in total. The van der Waals surface area contributed by atoms with Gasteiger partial charge in [-0.25, -0.2) is 0 Å². The zero-order chi connectivity index (χ0) is 30.6. The molecular formula is C34H47ClN4O5. The van der Waals surface area contributed by atoms with E-state index in [2.05, 4.69) is 17.1 Å². The van der Waals surface area contributed by atoms with Crippen molar-refractivity contribution in [2.24, 2.45) is 5.92 Å². The van der Waals surface area contributed by atoms with E-state index in [0.717, 1.165) is 56.6 Å². The van der Waals surface area contributed by atoms with Crippen LogP contribution in [0.5, 0.6) is 11.5 Å². The Balaban J connectivity index is 0.00000442. The number of piperazine rings is 1. The highest BCUT2D eigenvalue weighted by Crippen LogP contribution is 2.35. The third kappa shape index (κ3) is 7.22. The van der Waals surface area contributed by atoms with Gasteiger partial charge >= 0.3 is 0 Å². The van der Waals surface area contributed by atoms with Crippen LogP contribution in [0.1, 0.15) is 75.2 Å². The molecule has 3 heterocycles. The van der Waals surface area contributed by atoms with Crippen molar-refractivity contribution < 1.29 is 24.2 Å². The number of rotatable bonds is 10. The number of nitrogens with one attached hydrogen (secondary N) is 1. The van der Waals surface area contributed by atoms with Gasteiger partial charge in [0.15, 0.2) is 0 Å². The van der Waals surface area contributed by atoms with Gasteiger partial charge in [-0.3, -0.25) is 19.3 Å². The van der Waals surface area contributed by atoms with Gasteiger partial charge in [0.25, 0.3) is 5.91 Å². The Morgan fingerprint density at radius 2 is 1.57 bits per heavy atom. The highest BCUT2D eigenvalue weighted by atomic mass is 35.5. The van der Waals surface area contributed by atoms with E-state index in [9.17, 15) is 19.5 Å². The molecule has 2 aromatic carbocycles. The molecule has 3 fully saturated rings. The first-order valence-electron chi connectivity index (χ1n) is 15.9. The van der Waals surface area contributed by atoms with E-state index in [0.29, 0.717) is 43.8 Å². The Morgan fingerprint density at radius 3 is 2.14 bits per heavy atom. The van der Waals surface area contributed by atoms with Crippen LogP contribution in [0.3, 0.4) is 0 Å². The molecule has 44 heavy (non-hydrogen) atoms. The van der Waals surface area contributed by atoms with Gasteiger partial charge in [-0.1, -0.05) is 39.3 Å². The Morgan fingerprint density at radius 1 is 0.977 bits per heavy atom. The fourth-order valence-corrected chi connectivity index (χ4v) is 6.50. The maximum atomic E-state index is 13.5. The zero-order valence-corrected chi connectivity index (χ0v) is 27.0. The van der Waals surface area contributed by atoms with Gasteiger partial charge in [-0.2, -0.15) is 0 Å². The number of amides is 3. The fourth-order valence-electron chi connectivity index (χ4n) is 6.50. The average Bonchev–Trinajstić information content (AvgIpc) is 3.56. The molecule has 2 atom stereocenters. The zero-order valence-electron chi connectivity index (χ0n) is 26.2. The molecule has 0 saturated carbocycles. The van der Waals surface area contributed by atoms with Crippen LogP contribution in [0.25, 0.3) is 0 Å². The molecule has 0 bridgehead atoms. The topological polar surface area (TPSA) is 102 Å². The number of benzene rings is 2. The van der Waals surface area contributed by atoms with Crippen molar-refractivity contribution in [2.45, 2.75) is 83.5 Å². The molecule has 3 amide bonds. The number of halogens is 1. The summed E-state index contributed by atoms with van der Waals surface area (Å²) in [6, 6.07) is 14.4. The quantitative estimate of drug-likeness (QED) is 0.399. The number of carbonyl (C=O) groups is 3. The monoisotopic (exact) mass is 626 g/mol. The first-order valence-corrected chi connectivity index (χ1v) is 15.9. The van der Waals surface area contributed by atoms with E-state index in [1.54, 1.807) is 4.90 Å². The average molecular weight is 627 g/mol. The van der Waals surface area contributed by atoms with Crippen molar-refractivity contribution in [1.29, 1.82) is 0 Å². The fraction of sp³-hybridized carbons (Fsp3) is 0.559. The lowest BCUT2D eigenvalue weighted by atomic mass is 9.80.